The lowest BCUT2D eigenvalue weighted by Gasteiger charge is -2.24. The molecule has 3 rings (SSSR count). The van der Waals surface area contributed by atoms with E-state index in [9.17, 15) is 9.59 Å². The fraction of sp³-hybridized carbons (Fsp3) is 0.467. The first-order chi connectivity index (χ1) is 10.2. The van der Waals surface area contributed by atoms with Crippen LogP contribution in [0.2, 0.25) is 0 Å². The van der Waals surface area contributed by atoms with Crippen molar-refractivity contribution in [3.05, 3.63) is 23.8 Å². The number of fused-ring (bicyclic) bond motifs is 1. The molecule has 1 saturated heterocycles. The highest BCUT2D eigenvalue weighted by Crippen LogP contribution is 2.32. The van der Waals surface area contributed by atoms with Gasteiger partial charge in [-0.15, -0.1) is 0 Å². The lowest BCUT2D eigenvalue weighted by atomic mass is 9.98. The molecule has 3 N–H and O–H groups in total. The first-order valence-corrected chi connectivity index (χ1v) is 7.20. The van der Waals surface area contributed by atoms with E-state index in [2.05, 4.69) is 16.0 Å². The van der Waals surface area contributed by atoms with Crippen molar-refractivity contribution in [1.82, 2.24) is 5.32 Å². The number of rotatable bonds is 3. The number of carbonyl (C=O) groups is 2. The standard InChI is InChI=1S/C15H19N3O3/c1-16-15(12-3-2-6-21-12)9-4-5-10-11(7-9)18-14(20)8-13(19)17-10/h4-5,7,12,15-16H,2-3,6,8H2,1H3,(H,17,19)(H,18,20). The number of anilines is 2. The normalized spacial score (nSPS) is 23.0. The second kappa shape index (κ2) is 5.83. The summed E-state index contributed by atoms with van der Waals surface area (Å²) < 4.78 is 5.75. The van der Waals surface area contributed by atoms with Gasteiger partial charge in [-0.1, -0.05) is 6.07 Å². The third-order valence-electron chi connectivity index (χ3n) is 3.92. The SMILES string of the molecule is CNC(c1ccc2c(c1)NC(=O)CC(=O)N2)C1CCCO1. The Labute approximate surface area is 123 Å². The van der Waals surface area contributed by atoms with Crippen LogP contribution in [0.15, 0.2) is 18.2 Å². The molecule has 6 nitrogen and oxygen atoms in total. The van der Waals surface area contributed by atoms with Crippen LogP contribution in [0, 0.1) is 0 Å². The summed E-state index contributed by atoms with van der Waals surface area (Å²) in [6, 6.07) is 5.77. The molecule has 2 aliphatic heterocycles. The average Bonchev–Trinajstić information content (AvgIpc) is 2.91. The van der Waals surface area contributed by atoms with Gasteiger partial charge in [-0.3, -0.25) is 9.59 Å². The van der Waals surface area contributed by atoms with Crippen LogP contribution in [-0.2, 0) is 14.3 Å². The van der Waals surface area contributed by atoms with Gasteiger partial charge in [-0.25, -0.2) is 0 Å². The summed E-state index contributed by atoms with van der Waals surface area (Å²) in [5.74, 6) is -0.579. The summed E-state index contributed by atoms with van der Waals surface area (Å²) in [7, 11) is 1.90. The fourth-order valence-corrected chi connectivity index (χ4v) is 2.94. The number of ether oxygens (including phenoxy) is 1. The Morgan fingerprint density at radius 2 is 2.00 bits per heavy atom. The molecule has 2 amide bonds. The van der Waals surface area contributed by atoms with Crippen molar-refractivity contribution in [2.75, 3.05) is 24.3 Å². The van der Waals surface area contributed by atoms with E-state index in [1.807, 2.05) is 25.2 Å². The monoisotopic (exact) mass is 289 g/mol. The summed E-state index contributed by atoms with van der Waals surface area (Å²) in [6.07, 6.45) is 2.08. The zero-order chi connectivity index (χ0) is 14.8. The Kier molecular flexibility index (Phi) is 3.90. The van der Waals surface area contributed by atoms with E-state index in [4.69, 9.17) is 4.74 Å². The molecule has 0 radical (unpaired) electrons. The van der Waals surface area contributed by atoms with Crippen molar-refractivity contribution in [2.45, 2.75) is 31.4 Å². The summed E-state index contributed by atoms with van der Waals surface area (Å²) in [4.78, 5) is 23.2. The maximum atomic E-state index is 11.7. The molecule has 0 aliphatic carbocycles. The molecule has 0 saturated carbocycles. The third kappa shape index (κ3) is 2.91. The highest BCUT2D eigenvalue weighted by molar-refractivity contribution is 6.13. The molecule has 2 heterocycles. The van der Waals surface area contributed by atoms with E-state index in [-0.39, 0.29) is 30.4 Å². The number of benzene rings is 1. The molecule has 2 unspecified atom stereocenters. The molecule has 1 fully saturated rings. The molecule has 1 aromatic carbocycles. The van der Waals surface area contributed by atoms with Gasteiger partial charge in [0.1, 0.15) is 6.42 Å². The molecule has 112 valence electrons. The molecular formula is C15H19N3O3. The minimum Gasteiger partial charge on any atom is -0.376 e. The molecule has 6 heteroatoms. The van der Waals surface area contributed by atoms with Crippen LogP contribution >= 0.6 is 0 Å². The van der Waals surface area contributed by atoms with E-state index in [1.54, 1.807) is 0 Å². The van der Waals surface area contributed by atoms with Crippen molar-refractivity contribution >= 4 is 23.2 Å². The molecule has 0 bridgehead atoms. The second-order valence-electron chi connectivity index (χ2n) is 5.40. The zero-order valence-electron chi connectivity index (χ0n) is 11.9. The van der Waals surface area contributed by atoms with Crippen molar-refractivity contribution < 1.29 is 14.3 Å². The van der Waals surface area contributed by atoms with E-state index in [0.717, 1.165) is 25.0 Å². The van der Waals surface area contributed by atoms with Crippen LogP contribution in [0.3, 0.4) is 0 Å². The number of likely N-dealkylation sites (N-methyl/N-ethyl adjacent to an activating group) is 1. The van der Waals surface area contributed by atoms with E-state index in [0.29, 0.717) is 11.4 Å². The minimum atomic E-state index is -0.290. The molecule has 0 aromatic heterocycles. The second-order valence-corrected chi connectivity index (χ2v) is 5.40. The molecule has 2 aliphatic rings. The first kappa shape index (κ1) is 14.0. The largest absolute Gasteiger partial charge is 0.376 e. The summed E-state index contributed by atoms with van der Waals surface area (Å²) in [5, 5.41) is 8.78. The molecule has 0 spiro atoms. The van der Waals surface area contributed by atoms with Crippen molar-refractivity contribution in [3.63, 3.8) is 0 Å². The Bertz CT molecular complexity index is 567. The quantitative estimate of drug-likeness (QED) is 0.735. The number of amides is 2. The fourth-order valence-electron chi connectivity index (χ4n) is 2.94. The smallest absolute Gasteiger partial charge is 0.233 e. The van der Waals surface area contributed by atoms with Crippen LogP contribution in [0.1, 0.15) is 30.9 Å². The molecule has 2 atom stereocenters. The van der Waals surface area contributed by atoms with Gasteiger partial charge < -0.3 is 20.7 Å². The number of nitrogens with one attached hydrogen (secondary N) is 3. The van der Waals surface area contributed by atoms with Gasteiger partial charge in [0.2, 0.25) is 11.8 Å². The van der Waals surface area contributed by atoms with Crippen LogP contribution < -0.4 is 16.0 Å². The Morgan fingerprint density at radius 3 is 2.67 bits per heavy atom. The lowest BCUT2D eigenvalue weighted by molar-refractivity contribution is -0.123. The number of hydrogen-bond donors (Lipinski definition) is 3. The van der Waals surface area contributed by atoms with Gasteiger partial charge in [0.25, 0.3) is 0 Å². The highest BCUT2D eigenvalue weighted by atomic mass is 16.5. The van der Waals surface area contributed by atoms with Gasteiger partial charge in [0.15, 0.2) is 0 Å². The van der Waals surface area contributed by atoms with Gasteiger partial charge in [0.05, 0.1) is 23.5 Å². The number of carbonyl (C=O) groups excluding carboxylic acids is 2. The van der Waals surface area contributed by atoms with E-state index in [1.165, 1.54) is 0 Å². The topological polar surface area (TPSA) is 79.5 Å². The van der Waals surface area contributed by atoms with E-state index >= 15 is 0 Å². The first-order valence-electron chi connectivity index (χ1n) is 7.20. The van der Waals surface area contributed by atoms with Crippen molar-refractivity contribution in [1.29, 1.82) is 0 Å². The maximum absolute atomic E-state index is 11.7. The molecule has 1 aromatic rings. The van der Waals surface area contributed by atoms with Crippen molar-refractivity contribution in [3.8, 4) is 0 Å². The van der Waals surface area contributed by atoms with Gasteiger partial charge in [-0.2, -0.15) is 0 Å². The average molecular weight is 289 g/mol. The van der Waals surface area contributed by atoms with Crippen LogP contribution in [0.5, 0.6) is 0 Å². The summed E-state index contributed by atoms with van der Waals surface area (Å²) in [6.45, 7) is 0.792. The highest BCUT2D eigenvalue weighted by Gasteiger charge is 2.27. The van der Waals surface area contributed by atoms with Crippen LogP contribution in [-0.4, -0.2) is 31.6 Å². The Morgan fingerprint density at radius 1 is 1.24 bits per heavy atom. The summed E-state index contributed by atoms with van der Waals surface area (Å²) >= 11 is 0. The minimum absolute atomic E-state index is 0.0775. The molecular weight excluding hydrogens is 270 g/mol. The Hall–Kier alpha value is -1.92. The maximum Gasteiger partial charge on any atom is 0.233 e. The van der Waals surface area contributed by atoms with Gasteiger partial charge >= 0.3 is 0 Å². The number of hydrogen-bond acceptors (Lipinski definition) is 4. The van der Waals surface area contributed by atoms with E-state index < -0.39 is 0 Å². The van der Waals surface area contributed by atoms with Gasteiger partial charge in [0, 0.05) is 6.61 Å². The van der Waals surface area contributed by atoms with Crippen LogP contribution in [0.25, 0.3) is 0 Å². The van der Waals surface area contributed by atoms with Crippen molar-refractivity contribution in [2.24, 2.45) is 0 Å². The van der Waals surface area contributed by atoms with Crippen LogP contribution in [0.4, 0.5) is 11.4 Å². The van der Waals surface area contributed by atoms with Gasteiger partial charge in [-0.05, 0) is 37.6 Å². The summed E-state index contributed by atoms with van der Waals surface area (Å²) in [5.41, 5.74) is 2.32. The third-order valence-corrected chi connectivity index (χ3v) is 3.92. The predicted molar refractivity (Wildman–Crippen MR) is 79.1 cm³/mol. The lowest BCUT2D eigenvalue weighted by Crippen LogP contribution is -2.29. The Balaban J connectivity index is 1.90. The molecule has 21 heavy (non-hydrogen) atoms. The predicted octanol–water partition coefficient (Wildman–Crippen LogP) is 1.41. The zero-order valence-corrected chi connectivity index (χ0v) is 11.9.